The van der Waals surface area contributed by atoms with Crippen LogP contribution in [-0.2, 0) is 14.3 Å². The minimum Gasteiger partial charge on any atom is -0.465 e. The molecule has 0 aromatic heterocycles. The molecule has 0 amide bonds. The first-order chi connectivity index (χ1) is 15.4. The summed E-state index contributed by atoms with van der Waals surface area (Å²) in [7, 11) is 0. The van der Waals surface area contributed by atoms with Gasteiger partial charge in [-0.25, -0.2) is 0 Å². The van der Waals surface area contributed by atoms with Crippen LogP contribution in [0.5, 0.6) is 0 Å². The third kappa shape index (κ3) is 3.10. The summed E-state index contributed by atoms with van der Waals surface area (Å²) in [6.45, 7) is 13.5. The Morgan fingerprint density at radius 1 is 1.12 bits per heavy atom. The van der Waals surface area contributed by atoms with E-state index in [0.717, 1.165) is 32.1 Å². The molecule has 5 heteroatoms. The van der Waals surface area contributed by atoms with Crippen LogP contribution in [0.2, 0.25) is 0 Å². The van der Waals surface area contributed by atoms with Gasteiger partial charge in [-0.05, 0) is 79.6 Å². The molecule has 3 saturated carbocycles. The zero-order valence-electron chi connectivity index (χ0n) is 21.4. The van der Waals surface area contributed by atoms with Gasteiger partial charge < -0.3 is 19.7 Å². The standard InChI is InChI=1S/C28H44O5/c1-16-18-8-9-20-26(5)13-10-19-25(3,4)11-7-12-28(19,15-32-17(2)29)21(26)14-22(30)27(20,6)23(18)24(31)33-16/h8,16,19-24,30-31H,7,9-15H2,1-6H3/t16-,19-,20-,21-,22+,23?,24+,26-,27+,28+/m0/s1. The Hall–Kier alpha value is -0.910. The first kappa shape index (κ1) is 23.8. The number of carbonyl (C=O) groups is 1. The van der Waals surface area contributed by atoms with Crippen molar-refractivity contribution in [1.82, 2.24) is 0 Å². The molecular formula is C28H44O5. The van der Waals surface area contributed by atoms with Gasteiger partial charge in [0.1, 0.15) is 0 Å². The Labute approximate surface area is 199 Å². The van der Waals surface area contributed by atoms with Gasteiger partial charge in [-0.15, -0.1) is 0 Å². The second-order valence-corrected chi connectivity index (χ2v) is 13.3. The summed E-state index contributed by atoms with van der Waals surface area (Å²) in [6.07, 6.45) is 8.17. The maximum Gasteiger partial charge on any atom is 0.302 e. The van der Waals surface area contributed by atoms with Gasteiger partial charge in [0.2, 0.25) is 0 Å². The Morgan fingerprint density at radius 3 is 2.55 bits per heavy atom. The molecule has 1 heterocycles. The van der Waals surface area contributed by atoms with Crippen molar-refractivity contribution in [2.24, 2.45) is 45.3 Å². The maximum absolute atomic E-state index is 12.0. The van der Waals surface area contributed by atoms with Crippen LogP contribution < -0.4 is 0 Å². The van der Waals surface area contributed by atoms with Crippen LogP contribution in [0.4, 0.5) is 0 Å². The van der Waals surface area contributed by atoms with E-state index < -0.39 is 17.8 Å². The molecule has 0 spiro atoms. The number of allylic oxidation sites excluding steroid dienone is 1. The van der Waals surface area contributed by atoms with Crippen molar-refractivity contribution in [2.45, 2.75) is 105 Å². The Morgan fingerprint density at radius 2 is 1.85 bits per heavy atom. The molecule has 1 unspecified atom stereocenters. The number of rotatable bonds is 2. The van der Waals surface area contributed by atoms with Gasteiger partial charge in [0, 0.05) is 23.7 Å². The molecule has 0 aromatic rings. The molecule has 10 atom stereocenters. The normalized spacial score (nSPS) is 52.6. The summed E-state index contributed by atoms with van der Waals surface area (Å²) in [5.74, 6) is 0.691. The second-order valence-electron chi connectivity index (χ2n) is 13.3. The lowest BCUT2D eigenvalue weighted by Crippen LogP contribution is -2.68. The molecule has 33 heavy (non-hydrogen) atoms. The first-order valence-corrected chi connectivity index (χ1v) is 13.2. The molecule has 2 N–H and O–H groups in total. The summed E-state index contributed by atoms with van der Waals surface area (Å²) in [6, 6.07) is 0. The zero-order chi connectivity index (χ0) is 24.0. The molecule has 0 aromatic carbocycles. The van der Waals surface area contributed by atoms with Crippen LogP contribution in [0.3, 0.4) is 0 Å². The number of aliphatic hydroxyl groups excluding tert-OH is 2. The quantitative estimate of drug-likeness (QED) is 0.455. The third-order valence-electron chi connectivity index (χ3n) is 11.5. The largest absolute Gasteiger partial charge is 0.465 e. The molecule has 0 bridgehead atoms. The topological polar surface area (TPSA) is 76.0 Å². The third-order valence-corrected chi connectivity index (χ3v) is 11.5. The van der Waals surface area contributed by atoms with Crippen LogP contribution in [-0.4, -0.2) is 41.3 Å². The lowest BCUT2D eigenvalue weighted by atomic mass is 9.34. The number of aliphatic hydroxyl groups is 2. The molecule has 5 nitrogen and oxygen atoms in total. The fraction of sp³-hybridized carbons (Fsp3) is 0.893. The molecular weight excluding hydrogens is 416 g/mol. The molecule has 1 saturated heterocycles. The Bertz CT molecular complexity index is 849. The first-order valence-electron chi connectivity index (χ1n) is 13.2. The van der Waals surface area contributed by atoms with Crippen molar-refractivity contribution >= 4 is 5.97 Å². The summed E-state index contributed by atoms with van der Waals surface area (Å²) in [5, 5.41) is 22.8. The number of ether oxygens (including phenoxy) is 2. The molecule has 0 radical (unpaired) electrons. The monoisotopic (exact) mass is 460 g/mol. The lowest BCUT2D eigenvalue weighted by Gasteiger charge is -2.70. The van der Waals surface area contributed by atoms with Gasteiger partial charge in [0.05, 0.1) is 18.8 Å². The van der Waals surface area contributed by atoms with Crippen molar-refractivity contribution in [3.63, 3.8) is 0 Å². The summed E-state index contributed by atoms with van der Waals surface area (Å²) < 4.78 is 11.7. The summed E-state index contributed by atoms with van der Waals surface area (Å²) in [5.41, 5.74) is 0.885. The van der Waals surface area contributed by atoms with Crippen LogP contribution in [0.25, 0.3) is 0 Å². The molecule has 1 aliphatic heterocycles. The molecule has 5 rings (SSSR count). The van der Waals surface area contributed by atoms with E-state index in [1.165, 1.54) is 18.9 Å². The van der Waals surface area contributed by atoms with E-state index in [0.29, 0.717) is 24.9 Å². The molecule has 5 aliphatic rings. The van der Waals surface area contributed by atoms with E-state index in [-0.39, 0.29) is 40.2 Å². The minimum absolute atomic E-state index is 0.0195. The highest BCUT2D eigenvalue weighted by Crippen LogP contribution is 2.73. The smallest absolute Gasteiger partial charge is 0.302 e. The van der Waals surface area contributed by atoms with Gasteiger partial charge in [-0.1, -0.05) is 40.2 Å². The van der Waals surface area contributed by atoms with E-state index in [4.69, 9.17) is 9.47 Å². The summed E-state index contributed by atoms with van der Waals surface area (Å²) in [4.78, 5) is 12.0. The van der Waals surface area contributed by atoms with Crippen molar-refractivity contribution in [3.05, 3.63) is 11.6 Å². The maximum atomic E-state index is 12.0. The van der Waals surface area contributed by atoms with Gasteiger partial charge in [-0.2, -0.15) is 0 Å². The van der Waals surface area contributed by atoms with Crippen LogP contribution in [0, 0.1) is 45.3 Å². The number of esters is 1. The molecule has 186 valence electrons. The predicted octanol–water partition coefficient (Wildman–Crippen LogP) is 4.85. The van der Waals surface area contributed by atoms with Crippen molar-refractivity contribution < 1.29 is 24.5 Å². The Kier molecular flexibility index (Phi) is 5.44. The highest BCUT2D eigenvalue weighted by molar-refractivity contribution is 5.66. The van der Waals surface area contributed by atoms with E-state index in [2.05, 4.69) is 33.8 Å². The van der Waals surface area contributed by atoms with E-state index >= 15 is 0 Å². The second kappa shape index (κ2) is 7.54. The number of hydrogen-bond acceptors (Lipinski definition) is 5. The SMILES string of the molecule is CC(=O)OC[C@]12CCCC(C)(C)[C@@H]1CC[C@]1(C)[C@@H]2C[C@@H](O)[C@]2(C)C3C(=CC[C@@H]12)[C@H](C)O[C@H]3O. The van der Waals surface area contributed by atoms with Crippen molar-refractivity contribution in [1.29, 1.82) is 0 Å². The van der Waals surface area contributed by atoms with Crippen LogP contribution >= 0.6 is 0 Å². The zero-order valence-corrected chi connectivity index (χ0v) is 21.4. The average molecular weight is 461 g/mol. The van der Waals surface area contributed by atoms with E-state index in [1.807, 2.05) is 6.92 Å². The number of hydrogen-bond donors (Lipinski definition) is 2. The fourth-order valence-electron chi connectivity index (χ4n) is 10.2. The van der Waals surface area contributed by atoms with Crippen molar-refractivity contribution in [2.75, 3.05) is 6.61 Å². The van der Waals surface area contributed by atoms with Gasteiger partial charge in [0.15, 0.2) is 6.29 Å². The van der Waals surface area contributed by atoms with Gasteiger partial charge >= 0.3 is 5.97 Å². The summed E-state index contributed by atoms with van der Waals surface area (Å²) >= 11 is 0. The predicted molar refractivity (Wildman–Crippen MR) is 126 cm³/mol. The number of fused-ring (bicyclic) bond motifs is 7. The highest BCUT2D eigenvalue weighted by Gasteiger charge is 2.70. The van der Waals surface area contributed by atoms with Gasteiger partial charge in [-0.3, -0.25) is 4.79 Å². The molecule has 4 aliphatic carbocycles. The van der Waals surface area contributed by atoms with Crippen LogP contribution in [0.1, 0.15) is 86.5 Å². The lowest BCUT2D eigenvalue weighted by molar-refractivity contribution is -0.259. The average Bonchev–Trinajstić information content (AvgIpc) is 3.02. The Balaban J connectivity index is 1.60. The van der Waals surface area contributed by atoms with Crippen LogP contribution in [0.15, 0.2) is 11.6 Å². The van der Waals surface area contributed by atoms with E-state index in [9.17, 15) is 15.0 Å². The minimum atomic E-state index is -0.853. The van der Waals surface area contributed by atoms with Gasteiger partial charge in [0.25, 0.3) is 0 Å². The molecule has 4 fully saturated rings. The fourth-order valence-corrected chi connectivity index (χ4v) is 10.2. The number of carbonyl (C=O) groups excluding carboxylic acids is 1. The highest BCUT2D eigenvalue weighted by atomic mass is 16.6. The van der Waals surface area contributed by atoms with E-state index in [1.54, 1.807) is 0 Å². The van der Waals surface area contributed by atoms with Crippen molar-refractivity contribution in [3.8, 4) is 0 Å².